The Morgan fingerprint density at radius 3 is 2.26 bits per heavy atom. The molecule has 0 amide bonds. The van der Waals surface area contributed by atoms with Gasteiger partial charge in [0, 0.05) is 17.3 Å². The number of hydrogen-bond donors (Lipinski definition) is 0. The van der Waals surface area contributed by atoms with Crippen molar-refractivity contribution in [2.75, 3.05) is 0 Å². The van der Waals surface area contributed by atoms with Gasteiger partial charge in [-0.15, -0.1) is 13.2 Å². The third-order valence-corrected chi connectivity index (χ3v) is 2.74. The average Bonchev–Trinajstić information content (AvgIpc) is 2.44. The van der Waals surface area contributed by atoms with Gasteiger partial charge in [0.05, 0.1) is 11.3 Å². The maximum absolute atomic E-state index is 12.6. The van der Waals surface area contributed by atoms with Crippen LogP contribution in [-0.2, 0) is 6.18 Å². The van der Waals surface area contributed by atoms with E-state index in [1.54, 1.807) is 0 Å². The summed E-state index contributed by atoms with van der Waals surface area (Å²) in [5.74, 6) is -0.671. The molecule has 0 atom stereocenters. The maximum Gasteiger partial charge on any atom is 0.573 e. The Kier molecular flexibility index (Phi) is 4.31. The highest BCUT2D eigenvalue weighted by molar-refractivity contribution is 5.87. The number of nitrogens with zero attached hydrogens (tertiary/aromatic N) is 1. The van der Waals surface area contributed by atoms with Crippen LogP contribution < -0.4 is 4.74 Å². The van der Waals surface area contributed by atoms with Gasteiger partial charge < -0.3 is 4.74 Å². The molecule has 9 heteroatoms. The number of hydrogen-bond acceptors (Lipinski definition) is 3. The predicted octanol–water partition coefficient (Wildman–Crippen LogP) is 4.48. The molecule has 1 heterocycles. The number of rotatable bonds is 3. The topological polar surface area (TPSA) is 39.2 Å². The Morgan fingerprint density at radius 1 is 1.04 bits per heavy atom. The molecule has 2 aromatic rings. The number of halogens is 6. The van der Waals surface area contributed by atoms with E-state index in [0.717, 1.165) is 12.1 Å². The van der Waals surface area contributed by atoms with Gasteiger partial charge in [0.15, 0.2) is 6.29 Å². The van der Waals surface area contributed by atoms with Crippen molar-refractivity contribution in [3.8, 4) is 17.0 Å². The molecule has 1 aromatic carbocycles. The van der Waals surface area contributed by atoms with E-state index >= 15 is 0 Å². The molecule has 0 fully saturated rings. The second-order valence-electron chi connectivity index (χ2n) is 4.32. The minimum Gasteiger partial charge on any atom is -0.405 e. The number of aromatic nitrogens is 1. The van der Waals surface area contributed by atoms with Crippen LogP contribution in [0.2, 0.25) is 0 Å². The molecule has 0 radical (unpaired) electrons. The van der Waals surface area contributed by atoms with E-state index in [-0.39, 0.29) is 17.5 Å². The molecule has 0 aliphatic rings. The molecule has 0 bridgehead atoms. The number of pyridine rings is 1. The monoisotopic (exact) mass is 335 g/mol. The Labute approximate surface area is 125 Å². The Morgan fingerprint density at radius 2 is 1.70 bits per heavy atom. The SMILES string of the molecule is O=Cc1cc(C(F)(F)F)cnc1-c1ccccc1OC(F)(F)F. The predicted molar refractivity (Wildman–Crippen MR) is 66.7 cm³/mol. The van der Waals surface area contributed by atoms with Crippen molar-refractivity contribution in [3.05, 3.63) is 47.7 Å². The molecule has 0 aliphatic carbocycles. The van der Waals surface area contributed by atoms with Gasteiger partial charge >= 0.3 is 12.5 Å². The minimum absolute atomic E-state index is 0.0853. The van der Waals surface area contributed by atoms with Crippen molar-refractivity contribution in [2.24, 2.45) is 0 Å². The van der Waals surface area contributed by atoms with Crippen LogP contribution in [0.15, 0.2) is 36.5 Å². The quantitative estimate of drug-likeness (QED) is 0.613. The molecule has 0 aliphatic heterocycles. The van der Waals surface area contributed by atoms with E-state index in [9.17, 15) is 31.1 Å². The van der Waals surface area contributed by atoms with E-state index in [1.165, 1.54) is 12.1 Å². The molecular weight excluding hydrogens is 328 g/mol. The van der Waals surface area contributed by atoms with Crippen LogP contribution in [0.3, 0.4) is 0 Å². The molecule has 0 N–H and O–H groups in total. The molecule has 0 unspecified atom stereocenters. The normalized spacial score (nSPS) is 12.1. The third kappa shape index (κ3) is 3.99. The van der Waals surface area contributed by atoms with Crippen molar-refractivity contribution >= 4 is 6.29 Å². The van der Waals surface area contributed by atoms with Crippen LogP contribution in [0.1, 0.15) is 15.9 Å². The first-order valence-electron chi connectivity index (χ1n) is 5.99. The highest BCUT2D eigenvalue weighted by Gasteiger charge is 2.34. The molecule has 122 valence electrons. The Hall–Kier alpha value is -2.58. The molecule has 2 rings (SSSR count). The van der Waals surface area contributed by atoms with Crippen LogP contribution >= 0.6 is 0 Å². The zero-order valence-electron chi connectivity index (χ0n) is 11.1. The van der Waals surface area contributed by atoms with Gasteiger partial charge in [-0.25, -0.2) is 0 Å². The number of alkyl halides is 6. The highest BCUT2D eigenvalue weighted by atomic mass is 19.4. The number of ether oxygens (including phenoxy) is 1. The maximum atomic E-state index is 12.6. The fourth-order valence-electron chi connectivity index (χ4n) is 1.83. The summed E-state index contributed by atoms with van der Waals surface area (Å²) < 4.78 is 78.8. The van der Waals surface area contributed by atoms with Crippen molar-refractivity contribution in [1.29, 1.82) is 0 Å². The molecule has 1 aromatic heterocycles. The molecular formula is C14H7F6NO2. The van der Waals surface area contributed by atoms with Gasteiger partial charge in [0.25, 0.3) is 0 Å². The van der Waals surface area contributed by atoms with Crippen molar-refractivity contribution in [1.82, 2.24) is 4.98 Å². The van der Waals surface area contributed by atoms with Crippen LogP contribution in [-0.4, -0.2) is 17.6 Å². The van der Waals surface area contributed by atoms with Crippen LogP contribution in [0, 0.1) is 0 Å². The Bertz CT molecular complexity index is 724. The number of carbonyl (C=O) groups is 1. The zero-order chi connectivity index (χ0) is 17.3. The number of aldehydes is 1. The van der Waals surface area contributed by atoms with Crippen molar-refractivity contribution < 1.29 is 35.9 Å². The molecule has 0 spiro atoms. The van der Waals surface area contributed by atoms with Gasteiger partial charge in [0.1, 0.15) is 5.75 Å². The smallest absolute Gasteiger partial charge is 0.405 e. The fourth-order valence-corrected chi connectivity index (χ4v) is 1.83. The van der Waals surface area contributed by atoms with Gasteiger partial charge in [-0.3, -0.25) is 9.78 Å². The fraction of sp³-hybridized carbons (Fsp3) is 0.143. The van der Waals surface area contributed by atoms with Gasteiger partial charge in [-0.05, 0) is 18.2 Å². The van der Waals surface area contributed by atoms with E-state index < -0.39 is 29.4 Å². The summed E-state index contributed by atoms with van der Waals surface area (Å²) in [7, 11) is 0. The number of carbonyl (C=O) groups excluding carboxylic acids is 1. The van der Waals surface area contributed by atoms with Crippen LogP contribution in [0.25, 0.3) is 11.3 Å². The lowest BCUT2D eigenvalue weighted by Gasteiger charge is -2.14. The summed E-state index contributed by atoms with van der Waals surface area (Å²) in [5, 5.41) is 0. The van der Waals surface area contributed by atoms with Crippen LogP contribution in [0.5, 0.6) is 5.75 Å². The van der Waals surface area contributed by atoms with Crippen molar-refractivity contribution in [3.63, 3.8) is 0 Å². The first-order valence-corrected chi connectivity index (χ1v) is 5.99. The summed E-state index contributed by atoms with van der Waals surface area (Å²) in [6.07, 6.45) is -9.21. The largest absolute Gasteiger partial charge is 0.573 e. The first-order chi connectivity index (χ1) is 10.6. The van der Waals surface area contributed by atoms with Gasteiger partial charge in [-0.1, -0.05) is 12.1 Å². The minimum atomic E-state index is -5.00. The van der Waals surface area contributed by atoms with Gasteiger partial charge in [-0.2, -0.15) is 13.2 Å². The number of para-hydroxylation sites is 1. The molecule has 23 heavy (non-hydrogen) atoms. The van der Waals surface area contributed by atoms with E-state index in [2.05, 4.69) is 9.72 Å². The van der Waals surface area contributed by atoms with Crippen molar-refractivity contribution in [2.45, 2.75) is 12.5 Å². The van der Waals surface area contributed by atoms with Gasteiger partial charge in [0.2, 0.25) is 0 Å². The van der Waals surface area contributed by atoms with Crippen LogP contribution in [0.4, 0.5) is 26.3 Å². The first kappa shape index (κ1) is 16.8. The number of benzene rings is 1. The molecule has 0 saturated heterocycles. The Balaban J connectivity index is 2.57. The lowest BCUT2D eigenvalue weighted by Crippen LogP contribution is -2.17. The lowest BCUT2D eigenvalue weighted by atomic mass is 10.0. The highest BCUT2D eigenvalue weighted by Crippen LogP contribution is 2.36. The zero-order valence-corrected chi connectivity index (χ0v) is 11.1. The second kappa shape index (κ2) is 5.90. The summed E-state index contributed by atoms with van der Waals surface area (Å²) in [6, 6.07) is 5.22. The second-order valence-corrected chi connectivity index (χ2v) is 4.32. The van der Waals surface area contributed by atoms with E-state index in [4.69, 9.17) is 0 Å². The lowest BCUT2D eigenvalue weighted by molar-refractivity contribution is -0.274. The molecule has 3 nitrogen and oxygen atoms in total. The third-order valence-electron chi connectivity index (χ3n) is 2.74. The summed E-state index contributed by atoms with van der Waals surface area (Å²) in [4.78, 5) is 14.5. The summed E-state index contributed by atoms with van der Waals surface area (Å²) in [5.41, 5.74) is -2.27. The van der Waals surface area contributed by atoms with E-state index in [0.29, 0.717) is 12.3 Å². The average molecular weight is 335 g/mol. The van der Waals surface area contributed by atoms with E-state index in [1.807, 2.05) is 0 Å². The molecule has 0 saturated carbocycles. The standard InChI is InChI=1S/C14H7F6NO2/c15-13(16,17)9-5-8(7-22)12(21-6-9)10-3-1-2-4-11(10)23-14(18,19)20/h1-7H. The summed E-state index contributed by atoms with van der Waals surface area (Å²) >= 11 is 0. The summed E-state index contributed by atoms with van der Waals surface area (Å²) in [6.45, 7) is 0.